The molecule has 2 aliphatic heterocycles. The van der Waals surface area contributed by atoms with Gasteiger partial charge in [-0.05, 0) is 147 Å². The van der Waals surface area contributed by atoms with Crippen LogP contribution >= 0.6 is 0 Å². The fraction of sp³-hybridized carbons (Fsp3) is 0.224. The van der Waals surface area contributed by atoms with Crippen molar-refractivity contribution in [3.63, 3.8) is 0 Å². The largest absolute Gasteiger partial charge is 0.464 e. The van der Waals surface area contributed by atoms with E-state index in [0.29, 0.717) is 39.4 Å². The number of likely N-dealkylation sites (N-methyl/N-ethyl adjacent to an activating group) is 2. The van der Waals surface area contributed by atoms with E-state index in [1.54, 1.807) is 23.9 Å². The van der Waals surface area contributed by atoms with E-state index in [2.05, 4.69) is 199 Å². The zero-order valence-electron chi connectivity index (χ0n) is 52.1. The maximum Gasteiger partial charge on any atom is 0.323 e. The first kappa shape index (κ1) is 67.6. The van der Waals surface area contributed by atoms with E-state index in [1.165, 1.54) is 44.1 Å². The van der Waals surface area contributed by atoms with Gasteiger partial charge in [0, 0.05) is 19.5 Å². The SMILES string of the molecule is CC(OC(=O)CN(C)CC#N)c1ccc([S+](c2ccccc2)c2ccccc2)cc1.CN(CC(=O)OCc1ccc([S+](c2ccccc2)c2ccccc2)cc1)C1CCOC1=O.O=C(CN1CCOCC1)OCc1ccc([S+](c2ccccc2)c2ccccc2)cc1. The third kappa shape index (κ3) is 20.4. The lowest BCUT2D eigenvalue weighted by molar-refractivity contribution is -0.150. The van der Waals surface area contributed by atoms with Crippen molar-refractivity contribution in [3.8, 4) is 6.07 Å². The van der Waals surface area contributed by atoms with E-state index in [1.807, 2.05) is 73.7 Å². The molecule has 0 aliphatic carbocycles. The number of morpholine rings is 1. The fourth-order valence-corrected chi connectivity index (χ4v) is 16.4. The van der Waals surface area contributed by atoms with Gasteiger partial charge in [-0.2, -0.15) is 5.26 Å². The number of carbonyl (C=O) groups is 4. The third-order valence-electron chi connectivity index (χ3n) is 14.9. The Balaban J connectivity index is 0.000000163. The summed E-state index contributed by atoms with van der Waals surface area (Å²) in [7, 11) is 2.88. The van der Waals surface area contributed by atoms with Crippen LogP contribution in [0.3, 0.4) is 0 Å². The van der Waals surface area contributed by atoms with Crippen molar-refractivity contribution in [3.05, 3.63) is 271 Å². The molecular formula is C76H77N4O9S3+3. The highest BCUT2D eigenvalue weighted by atomic mass is 32.2. The predicted molar refractivity (Wildman–Crippen MR) is 361 cm³/mol. The molecule has 11 rings (SSSR count). The molecule has 0 saturated carbocycles. The minimum atomic E-state index is -0.365. The average molecular weight is 1290 g/mol. The van der Waals surface area contributed by atoms with Crippen LogP contribution in [0.2, 0.25) is 0 Å². The molecule has 0 N–H and O–H groups in total. The Hall–Kier alpha value is -8.76. The number of nitrogens with zero attached hydrogens (tertiary/aromatic N) is 4. The summed E-state index contributed by atoms with van der Waals surface area (Å²) in [6.45, 7) is 6.38. The minimum Gasteiger partial charge on any atom is -0.464 e. The number of benzene rings is 9. The van der Waals surface area contributed by atoms with Gasteiger partial charge in [0.1, 0.15) is 25.4 Å². The molecule has 2 saturated heterocycles. The van der Waals surface area contributed by atoms with Crippen LogP contribution in [-0.2, 0) is 88.8 Å². The van der Waals surface area contributed by atoms with Gasteiger partial charge in [0.15, 0.2) is 44.1 Å². The Kier molecular flexibility index (Phi) is 26.3. The normalized spacial score (nSPS) is 14.1. The van der Waals surface area contributed by atoms with E-state index in [9.17, 15) is 19.2 Å². The van der Waals surface area contributed by atoms with Gasteiger partial charge >= 0.3 is 23.9 Å². The highest BCUT2D eigenvalue weighted by Gasteiger charge is 2.33. The maximum absolute atomic E-state index is 12.2. The predicted octanol–water partition coefficient (Wildman–Crippen LogP) is 13.1. The van der Waals surface area contributed by atoms with Gasteiger partial charge in [0.05, 0.1) is 84.8 Å². The van der Waals surface area contributed by atoms with E-state index >= 15 is 0 Å². The van der Waals surface area contributed by atoms with Crippen molar-refractivity contribution in [2.24, 2.45) is 0 Å². The van der Waals surface area contributed by atoms with Crippen molar-refractivity contribution < 1.29 is 42.9 Å². The first-order valence-corrected chi connectivity index (χ1v) is 34.2. The molecule has 0 bridgehead atoms. The summed E-state index contributed by atoms with van der Waals surface area (Å²) in [4.78, 5) is 64.7. The first-order valence-electron chi connectivity index (χ1n) is 30.5. The molecule has 9 aromatic carbocycles. The van der Waals surface area contributed by atoms with Crippen molar-refractivity contribution >= 4 is 56.6 Å². The van der Waals surface area contributed by atoms with Crippen LogP contribution in [0.15, 0.2) is 299 Å². The molecule has 0 aromatic heterocycles. The van der Waals surface area contributed by atoms with Crippen LogP contribution in [-0.4, -0.2) is 118 Å². The number of esters is 4. The van der Waals surface area contributed by atoms with Gasteiger partial charge in [0.25, 0.3) is 0 Å². The number of ether oxygens (including phenoxy) is 5. The Morgan fingerprint density at radius 1 is 0.500 bits per heavy atom. The second-order valence-electron chi connectivity index (χ2n) is 21.7. The number of carbonyl (C=O) groups excluding carboxylic acids is 4. The summed E-state index contributed by atoms with van der Waals surface area (Å²) in [6, 6.07) is 89.6. The Morgan fingerprint density at radius 2 is 0.859 bits per heavy atom. The number of nitriles is 1. The molecule has 0 amide bonds. The highest BCUT2D eigenvalue weighted by Crippen LogP contribution is 2.35. The maximum atomic E-state index is 12.2. The van der Waals surface area contributed by atoms with Crippen molar-refractivity contribution in [2.45, 2.75) is 82.8 Å². The highest BCUT2D eigenvalue weighted by molar-refractivity contribution is 7.97. The summed E-state index contributed by atoms with van der Waals surface area (Å²) in [5, 5.41) is 8.70. The lowest BCUT2D eigenvalue weighted by atomic mass is 10.1. The summed E-state index contributed by atoms with van der Waals surface area (Å²) >= 11 is 0. The minimum absolute atomic E-state index is 0.0589. The van der Waals surface area contributed by atoms with Gasteiger partial charge in [-0.1, -0.05) is 146 Å². The molecule has 0 spiro atoms. The van der Waals surface area contributed by atoms with Gasteiger partial charge < -0.3 is 23.7 Å². The van der Waals surface area contributed by atoms with E-state index < -0.39 is 0 Å². The number of hydrogen-bond acceptors (Lipinski definition) is 13. The Morgan fingerprint density at radius 3 is 1.22 bits per heavy atom. The van der Waals surface area contributed by atoms with Gasteiger partial charge in [-0.25, -0.2) is 0 Å². The topological polar surface area (TPSA) is 148 Å². The van der Waals surface area contributed by atoms with Crippen LogP contribution in [0, 0.1) is 11.3 Å². The molecule has 13 nitrogen and oxygen atoms in total. The molecule has 2 unspecified atom stereocenters. The molecule has 2 atom stereocenters. The summed E-state index contributed by atoms with van der Waals surface area (Å²) in [5.41, 5.74) is 2.87. The summed E-state index contributed by atoms with van der Waals surface area (Å²) in [6.07, 6.45) is 0.256. The monoisotopic (exact) mass is 1290 g/mol. The standard InChI is InChI=1S/C26H26NO4S.C25H25N2O2S.C25H26NO3S/c1-27(24-16-17-30-26(24)29)18-25(28)31-19-20-12-14-23(15-13-20)32(21-8-4-2-5-9-21)22-10-6-3-7-11-22;1-20(29-25(28)19-27(2)18-17-26)21-13-15-24(16-14-21)30(22-9-5-3-6-10-22)23-11-7-4-8-12-23;27-25(19-26-15-17-28-18-16-26)29-20-21-11-13-24(14-12-21)30(22-7-3-1-4-8-22)23-9-5-2-6-10-23/h2-15,24H,16-19H2,1H3;3-16,20H,18-19H2,1-2H3;1-14H,15-20H2/q3*+1. The lowest BCUT2D eigenvalue weighted by Gasteiger charge is -2.25. The van der Waals surface area contributed by atoms with Gasteiger partial charge in [-0.15, -0.1) is 0 Å². The van der Waals surface area contributed by atoms with Crippen molar-refractivity contribution in [2.75, 3.05) is 73.2 Å². The van der Waals surface area contributed by atoms with Gasteiger partial charge in [0.2, 0.25) is 0 Å². The van der Waals surface area contributed by atoms with Crippen LogP contribution in [0.4, 0.5) is 0 Å². The Bertz CT molecular complexity index is 3620. The van der Waals surface area contributed by atoms with Crippen LogP contribution in [0.5, 0.6) is 0 Å². The van der Waals surface area contributed by atoms with Gasteiger partial charge in [-0.3, -0.25) is 33.9 Å². The second kappa shape index (κ2) is 35.7. The number of rotatable bonds is 23. The van der Waals surface area contributed by atoms with Crippen LogP contribution < -0.4 is 0 Å². The zero-order chi connectivity index (χ0) is 64.3. The third-order valence-corrected chi connectivity index (χ3v) is 21.6. The molecule has 0 radical (unpaired) electrons. The fourth-order valence-electron chi connectivity index (χ4n) is 10.1. The zero-order valence-corrected chi connectivity index (χ0v) is 54.5. The molecular weight excluding hydrogens is 1210 g/mol. The average Bonchev–Trinajstić information content (AvgIpc) is 1.30. The van der Waals surface area contributed by atoms with Crippen molar-refractivity contribution in [1.82, 2.24) is 14.7 Å². The smallest absolute Gasteiger partial charge is 0.323 e. The quantitative estimate of drug-likeness (QED) is 0.0259. The lowest BCUT2D eigenvalue weighted by Crippen LogP contribution is -2.40. The van der Waals surface area contributed by atoms with Crippen LogP contribution in [0.25, 0.3) is 0 Å². The van der Waals surface area contributed by atoms with E-state index in [4.69, 9.17) is 28.9 Å². The molecule has 9 aromatic rings. The molecule has 92 heavy (non-hydrogen) atoms. The molecule has 16 heteroatoms. The summed E-state index contributed by atoms with van der Waals surface area (Å²) < 4.78 is 26.7. The van der Waals surface area contributed by atoms with Crippen LogP contribution in [0.1, 0.15) is 36.1 Å². The molecule has 470 valence electrons. The van der Waals surface area contributed by atoms with Crippen molar-refractivity contribution in [1.29, 1.82) is 5.26 Å². The first-order chi connectivity index (χ1) is 45.0. The van der Waals surface area contributed by atoms with E-state index in [-0.39, 0.29) is 94.9 Å². The second-order valence-corrected chi connectivity index (χ2v) is 27.8. The summed E-state index contributed by atoms with van der Waals surface area (Å²) in [5.74, 6) is -1.15. The molecule has 2 fully saturated rings. The Labute approximate surface area is 549 Å². The molecule has 2 aliphatic rings. The number of hydrogen-bond donors (Lipinski definition) is 0. The van der Waals surface area contributed by atoms with E-state index in [0.717, 1.165) is 29.8 Å². The molecule has 2 heterocycles. The number of cyclic esters (lactones) is 1.